The summed E-state index contributed by atoms with van der Waals surface area (Å²) in [7, 11) is 0. The summed E-state index contributed by atoms with van der Waals surface area (Å²) in [5.74, 6) is -0.862. The lowest BCUT2D eigenvalue weighted by Crippen LogP contribution is -2.15. The van der Waals surface area contributed by atoms with Gasteiger partial charge in [0, 0.05) is 22.7 Å². The number of hydrogen-bond donors (Lipinski definition) is 1. The van der Waals surface area contributed by atoms with Crippen molar-refractivity contribution in [1.82, 2.24) is 4.98 Å². The number of nitrogens with one attached hydrogen (secondary N) is 1. The number of amides is 1. The van der Waals surface area contributed by atoms with Crippen molar-refractivity contribution >= 4 is 34.6 Å². The van der Waals surface area contributed by atoms with Crippen LogP contribution in [0.1, 0.15) is 32.2 Å². The first-order valence-electron chi connectivity index (χ1n) is 9.04. The zero-order chi connectivity index (χ0) is 21.7. The van der Waals surface area contributed by atoms with Gasteiger partial charge < -0.3 is 10.1 Å². The van der Waals surface area contributed by atoms with E-state index < -0.39 is 10.9 Å². The number of nitro groups is 1. The number of aromatic nitrogens is 1. The normalized spacial score (nSPS) is 10.5. The van der Waals surface area contributed by atoms with Crippen molar-refractivity contribution < 1.29 is 19.2 Å². The van der Waals surface area contributed by atoms with E-state index in [4.69, 9.17) is 4.74 Å². The molecule has 0 aliphatic rings. The lowest BCUT2D eigenvalue weighted by Gasteiger charge is -2.06. The van der Waals surface area contributed by atoms with E-state index >= 15 is 0 Å². The molecule has 0 atom stereocenters. The summed E-state index contributed by atoms with van der Waals surface area (Å²) in [5.41, 5.74) is 2.65. The monoisotopic (exact) mass is 425 g/mol. The summed E-state index contributed by atoms with van der Waals surface area (Å²) in [6.45, 7) is 3.42. The molecule has 0 radical (unpaired) electrons. The van der Waals surface area contributed by atoms with Gasteiger partial charge in [-0.1, -0.05) is 24.3 Å². The van der Waals surface area contributed by atoms with Crippen molar-refractivity contribution in [1.29, 1.82) is 0 Å². The van der Waals surface area contributed by atoms with Crippen molar-refractivity contribution in [2.45, 2.75) is 26.9 Å². The third kappa shape index (κ3) is 5.26. The zero-order valence-corrected chi connectivity index (χ0v) is 17.2. The first kappa shape index (κ1) is 21.1. The Bertz CT molecular complexity index is 1110. The maximum atomic E-state index is 12.2. The molecule has 9 heteroatoms. The number of carbonyl (C=O) groups excluding carboxylic acids is 2. The van der Waals surface area contributed by atoms with Crippen molar-refractivity contribution in [2.75, 3.05) is 5.32 Å². The molecule has 8 nitrogen and oxygen atoms in total. The number of thiazole rings is 1. The highest BCUT2D eigenvalue weighted by atomic mass is 32.1. The molecule has 154 valence electrons. The van der Waals surface area contributed by atoms with Crippen LogP contribution < -0.4 is 5.32 Å². The highest BCUT2D eigenvalue weighted by Gasteiger charge is 2.17. The van der Waals surface area contributed by atoms with E-state index in [1.807, 2.05) is 31.2 Å². The second kappa shape index (κ2) is 9.27. The quantitative estimate of drug-likeness (QED) is 0.345. The molecule has 1 heterocycles. The summed E-state index contributed by atoms with van der Waals surface area (Å²) in [5, 5.41) is 16.2. The van der Waals surface area contributed by atoms with Crippen LogP contribution in [0.3, 0.4) is 0 Å². The second-order valence-corrected chi connectivity index (χ2v) is 7.55. The lowest BCUT2D eigenvalue weighted by atomic mass is 10.1. The Kier molecular flexibility index (Phi) is 6.53. The van der Waals surface area contributed by atoms with E-state index in [1.165, 1.54) is 29.5 Å². The molecule has 0 aliphatic heterocycles. The summed E-state index contributed by atoms with van der Waals surface area (Å²) < 4.78 is 5.20. The van der Waals surface area contributed by atoms with Gasteiger partial charge in [0.15, 0.2) is 0 Å². The smallest absolute Gasteiger partial charge is 0.338 e. The summed E-state index contributed by atoms with van der Waals surface area (Å²) in [6, 6.07) is 11.7. The number of esters is 1. The number of ether oxygens (including phenoxy) is 1. The molecule has 0 aliphatic carbocycles. The number of anilines is 1. The molecular weight excluding hydrogens is 406 g/mol. The zero-order valence-electron chi connectivity index (χ0n) is 16.4. The first-order valence-corrected chi connectivity index (χ1v) is 9.92. The van der Waals surface area contributed by atoms with Crippen LogP contribution in [0.25, 0.3) is 0 Å². The molecule has 1 N–H and O–H groups in total. The molecule has 3 aromatic rings. The average Bonchev–Trinajstić information content (AvgIpc) is 3.15. The fraction of sp³-hybridized carbons (Fsp3) is 0.190. The van der Waals surface area contributed by atoms with Crippen LogP contribution in [0, 0.1) is 24.0 Å². The minimum Gasteiger partial charge on any atom is -0.456 e. The van der Waals surface area contributed by atoms with E-state index in [-0.39, 0.29) is 30.2 Å². The van der Waals surface area contributed by atoms with Gasteiger partial charge in [0.05, 0.1) is 22.6 Å². The molecule has 2 aromatic carbocycles. The predicted molar refractivity (Wildman–Crippen MR) is 113 cm³/mol. The van der Waals surface area contributed by atoms with Crippen LogP contribution in [0.2, 0.25) is 0 Å². The highest BCUT2D eigenvalue weighted by Crippen LogP contribution is 2.20. The summed E-state index contributed by atoms with van der Waals surface area (Å²) >= 11 is 1.30. The molecule has 3 rings (SSSR count). The van der Waals surface area contributed by atoms with Gasteiger partial charge in [0.2, 0.25) is 5.91 Å². The Labute approximate surface area is 176 Å². The Balaban J connectivity index is 1.56. The van der Waals surface area contributed by atoms with Crippen molar-refractivity contribution in [3.63, 3.8) is 0 Å². The molecule has 0 fully saturated rings. The van der Waals surface area contributed by atoms with Crippen molar-refractivity contribution in [3.05, 3.63) is 85.4 Å². The Hall–Kier alpha value is -3.59. The van der Waals surface area contributed by atoms with Gasteiger partial charge in [-0.3, -0.25) is 14.9 Å². The molecule has 0 saturated heterocycles. The van der Waals surface area contributed by atoms with E-state index in [2.05, 4.69) is 10.3 Å². The molecule has 1 aromatic heterocycles. The fourth-order valence-electron chi connectivity index (χ4n) is 2.70. The predicted octanol–water partition coefficient (Wildman–Crippen LogP) is 4.21. The van der Waals surface area contributed by atoms with Gasteiger partial charge in [0.1, 0.15) is 11.6 Å². The summed E-state index contributed by atoms with van der Waals surface area (Å²) in [4.78, 5) is 39.2. The number of carbonyl (C=O) groups is 2. The molecule has 1 amide bonds. The fourth-order valence-corrected chi connectivity index (χ4v) is 3.47. The van der Waals surface area contributed by atoms with Crippen LogP contribution in [0.4, 0.5) is 11.4 Å². The van der Waals surface area contributed by atoms with E-state index in [0.29, 0.717) is 16.3 Å². The maximum absolute atomic E-state index is 12.2. The Morgan fingerprint density at radius 1 is 1.17 bits per heavy atom. The topological polar surface area (TPSA) is 111 Å². The standard InChI is InChI=1S/C21H19N3O5S/c1-13-5-3-4-6-17(13)23-19(25)10-20-22-16(12-30-20)11-29-21(26)15-8-7-14(2)18(9-15)24(27)28/h3-9,12H,10-11H2,1-2H3,(H,23,25). The van der Waals surface area contributed by atoms with E-state index in [1.54, 1.807) is 12.3 Å². The molecule has 0 bridgehead atoms. The van der Waals surface area contributed by atoms with Crippen LogP contribution in [-0.4, -0.2) is 21.8 Å². The average molecular weight is 425 g/mol. The minimum atomic E-state index is -0.676. The van der Waals surface area contributed by atoms with Crippen LogP contribution in [-0.2, 0) is 22.6 Å². The van der Waals surface area contributed by atoms with Crippen molar-refractivity contribution in [2.24, 2.45) is 0 Å². The number of para-hydroxylation sites is 1. The first-order chi connectivity index (χ1) is 14.3. The third-order valence-electron chi connectivity index (χ3n) is 4.32. The third-order valence-corrected chi connectivity index (χ3v) is 5.22. The van der Waals surface area contributed by atoms with Gasteiger partial charge in [-0.2, -0.15) is 0 Å². The van der Waals surface area contributed by atoms with Crippen LogP contribution in [0.5, 0.6) is 0 Å². The lowest BCUT2D eigenvalue weighted by molar-refractivity contribution is -0.385. The van der Waals surface area contributed by atoms with E-state index in [9.17, 15) is 19.7 Å². The molecule has 0 spiro atoms. The molecule has 0 unspecified atom stereocenters. The number of aryl methyl sites for hydroxylation is 2. The number of hydrogen-bond acceptors (Lipinski definition) is 7. The molecule has 0 saturated carbocycles. The van der Waals surface area contributed by atoms with E-state index in [0.717, 1.165) is 11.3 Å². The largest absolute Gasteiger partial charge is 0.456 e. The van der Waals surface area contributed by atoms with Crippen molar-refractivity contribution in [3.8, 4) is 0 Å². The summed E-state index contributed by atoms with van der Waals surface area (Å²) in [6.07, 6.45) is 0.108. The van der Waals surface area contributed by atoms with Gasteiger partial charge in [-0.25, -0.2) is 9.78 Å². The number of nitro benzene ring substituents is 1. The van der Waals surface area contributed by atoms with Gasteiger partial charge in [-0.15, -0.1) is 11.3 Å². The highest BCUT2D eigenvalue weighted by molar-refractivity contribution is 7.09. The van der Waals surface area contributed by atoms with Crippen LogP contribution in [0.15, 0.2) is 47.8 Å². The molecular formula is C21H19N3O5S. The number of benzene rings is 2. The maximum Gasteiger partial charge on any atom is 0.338 e. The Morgan fingerprint density at radius 2 is 1.93 bits per heavy atom. The van der Waals surface area contributed by atoms with Gasteiger partial charge >= 0.3 is 5.97 Å². The Morgan fingerprint density at radius 3 is 2.67 bits per heavy atom. The molecule has 30 heavy (non-hydrogen) atoms. The number of rotatable bonds is 7. The van der Waals surface area contributed by atoms with Crippen LogP contribution >= 0.6 is 11.3 Å². The second-order valence-electron chi connectivity index (χ2n) is 6.61. The SMILES string of the molecule is Cc1ccccc1NC(=O)Cc1nc(COC(=O)c2ccc(C)c([N+](=O)[O-])c2)cs1. The van der Waals surface area contributed by atoms with Gasteiger partial charge in [-0.05, 0) is 31.5 Å². The van der Waals surface area contributed by atoms with Gasteiger partial charge in [0.25, 0.3) is 5.69 Å². The number of nitrogens with zero attached hydrogens (tertiary/aromatic N) is 2. The minimum absolute atomic E-state index is 0.0869.